The van der Waals surface area contributed by atoms with Gasteiger partial charge in [0.2, 0.25) is 5.91 Å². The number of amides is 1. The second-order valence-electron chi connectivity index (χ2n) is 5.49. The van der Waals surface area contributed by atoms with Gasteiger partial charge in [-0.05, 0) is 44.4 Å². The number of likely N-dealkylation sites (N-methyl/N-ethyl adjacent to an activating group) is 1. The number of rotatable bonds is 4. The van der Waals surface area contributed by atoms with E-state index in [1.165, 1.54) is 0 Å². The molecule has 1 aliphatic rings. The molecular formula is C17H24N2O. The lowest BCUT2D eigenvalue weighted by Gasteiger charge is -2.34. The third-order valence-corrected chi connectivity index (χ3v) is 4.22. The molecular weight excluding hydrogens is 248 g/mol. The summed E-state index contributed by atoms with van der Waals surface area (Å²) in [7, 11) is 3.94. The van der Waals surface area contributed by atoms with Gasteiger partial charge in [-0.1, -0.05) is 30.3 Å². The molecule has 0 bridgehead atoms. The topological polar surface area (TPSA) is 32.3 Å². The molecule has 0 heterocycles. The van der Waals surface area contributed by atoms with Gasteiger partial charge in [0.15, 0.2) is 0 Å². The van der Waals surface area contributed by atoms with E-state index < -0.39 is 0 Å². The van der Waals surface area contributed by atoms with Gasteiger partial charge in [0.05, 0.1) is 0 Å². The highest BCUT2D eigenvalue weighted by Gasteiger charge is 2.24. The number of carbonyl (C=O) groups is 1. The first-order valence-electron chi connectivity index (χ1n) is 7.38. The van der Waals surface area contributed by atoms with Crippen LogP contribution in [0, 0.1) is 0 Å². The molecule has 1 N–H and O–H groups in total. The van der Waals surface area contributed by atoms with Crippen LogP contribution < -0.4 is 5.32 Å². The minimum atomic E-state index is 0.0989. The Balaban J connectivity index is 1.88. The number of nitrogens with one attached hydrogen (secondary N) is 1. The largest absolute Gasteiger partial charge is 0.339 e. The lowest BCUT2D eigenvalue weighted by Crippen LogP contribution is -2.41. The van der Waals surface area contributed by atoms with Crippen molar-refractivity contribution < 1.29 is 4.79 Å². The third kappa shape index (κ3) is 3.94. The van der Waals surface area contributed by atoms with Crippen molar-refractivity contribution in [3.63, 3.8) is 0 Å². The molecule has 0 saturated heterocycles. The molecule has 0 atom stereocenters. The van der Waals surface area contributed by atoms with Crippen LogP contribution >= 0.6 is 0 Å². The van der Waals surface area contributed by atoms with Gasteiger partial charge in [0.1, 0.15) is 0 Å². The summed E-state index contributed by atoms with van der Waals surface area (Å²) in [4.78, 5) is 14.1. The van der Waals surface area contributed by atoms with Crippen LogP contribution in [0.3, 0.4) is 0 Å². The van der Waals surface area contributed by atoms with Gasteiger partial charge >= 0.3 is 0 Å². The molecule has 1 aromatic carbocycles. The maximum absolute atomic E-state index is 12.2. The van der Waals surface area contributed by atoms with E-state index >= 15 is 0 Å². The molecule has 1 aromatic rings. The third-order valence-electron chi connectivity index (χ3n) is 4.22. The average Bonchev–Trinajstić information content (AvgIpc) is 2.53. The fourth-order valence-electron chi connectivity index (χ4n) is 2.78. The molecule has 3 heteroatoms. The Kier molecular flexibility index (Phi) is 5.36. The van der Waals surface area contributed by atoms with E-state index in [2.05, 4.69) is 5.32 Å². The number of hydrogen-bond acceptors (Lipinski definition) is 2. The van der Waals surface area contributed by atoms with E-state index in [4.69, 9.17) is 0 Å². The second-order valence-corrected chi connectivity index (χ2v) is 5.49. The number of carbonyl (C=O) groups excluding carboxylic acids is 1. The Morgan fingerprint density at radius 2 is 1.85 bits per heavy atom. The summed E-state index contributed by atoms with van der Waals surface area (Å²) in [6, 6.07) is 10.9. The zero-order valence-corrected chi connectivity index (χ0v) is 12.4. The van der Waals surface area contributed by atoms with E-state index in [0.29, 0.717) is 12.1 Å². The van der Waals surface area contributed by atoms with Crippen LogP contribution in [-0.2, 0) is 4.79 Å². The summed E-state index contributed by atoms with van der Waals surface area (Å²) in [6.45, 7) is 0. The van der Waals surface area contributed by atoms with Crippen molar-refractivity contribution in [3.8, 4) is 0 Å². The summed E-state index contributed by atoms with van der Waals surface area (Å²) < 4.78 is 0. The highest BCUT2D eigenvalue weighted by atomic mass is 16.2. The molecule has 2 rings (SSSR count). The fourth-order valence-corrected chi connectivity index (χ4v) is 2.78. The van der Waals surface area contributed by atoms with E-state index in [1.807, 2.05) is 55.4 Å². The van der Waals surface area contributed by atoms with Crippen LogP contribution in [0.4, 0.5) is 0 Å². The van der Waals surface area contributed by atoms with E-state index in [1.54, 1.807) is 6.08 Å². The molecule has 0 spiro atoms. The summed E-state index contributed by atoms with van der Waals surface area (Å²) in [6.07, 6.45) is 8.06. The van der Waals surface area contributed by atoms with Crippen molar-refractivity contribution in [2.75, 3.05) is 14.1 Å². The van der Waals surface area contributed by atoms with Gasteiger partial charge in [0, 0.05) is 25.2 Å². The molecule has 20 heavy (non-hydrogen) atoms. The second kappa shape index (κ2) is 7.25. The Morgan fingerprint density at radius 3 is 2.45 bits per heavy atom. The van der Waals surface area contributed by atoms with Crippen LogP contribution in [0.25, 0.3) is 6.08 Å². The molecule has 108 valence electrons. The SMILES string of the molecule is CNC1CCC(N(C)C(=O)C=Cc2ccccc2)CC1. The van der Waals surface area contributed by atoms with Gasteiger partial charge in [-0.3, -0.25) is 4.79 Å². The monoisotopic (exact) mass is 272 g/mol. The fraction of sp³-hybridized carbons (Fsp3) is 0.471. The lowest BCUT2D eigenvalue weighted by molar-refractivity contribution is -0.127. The van der Waals surface area contributed by atoms with E-state index in [-0.39, 0.29) is 5.91 Å². The van der Waals surface area contributed by atoms with Crippen LogP contribution in [0.5, 0.6) is 0 Å². The smallest absolute Gasteiger partial charge is 0.246 e. The van der Waals surface area contributed by atoms with Crippen molar-refractivity contribution in [1.82, 2.24) is 10.2 Å². The van der Waals surface area contributed by atoms with Crippen LogP contribution in [0.15, 0.2) is 36.4 Å². The predicted octanol–water partition coefficient (Wildman–Crippen LogP) is 2.69. The van der Waals surface area contributed by atoms with Gasteiger partial charge in [-0.15, -0.1) is 0 Å². The number of benzene rings is 1. The number of nitrogens with zero attached hydrogens (tertiary/aromatic N) is 1. The Bertz CT molecular complexity index is 447. The zero-order valence-electron chi connectivity index (χ0n) is 12.4. The maximum Gasteiger partial charge on any atom is 0.246 e. The van der Waals surface area contributed by atoms with E-state index in [0.717, 1.165) is 31.2 Å². The number of hydrogen-bond donors (Lipinski definition) is 1. The Morgan fingerprint density at radius 1 is 1.20 bits per heavy atom. The predicted molar refractivity (Wildman–Crippen MR) is 83.3 cm³/mol. The molecule has 3 nitrogen and oxygen atoms in total. The van der Waals surface area contributed by atoms with Crippen molar-refractivity contribution in [2.24, 2.45) is 0 Å². The van der Waals surface area contributed by atoms with Crippen molar-refractivity contribution in [2.45, 2.75) is 37.8 Å². The van der Waals surface area contributed by atoms with Crippen LogP contribution in [0.1, 0.15) is 31.2 Å². The molecule has 1 saturated carbocycles. The normalized spacial score (nSPS) is 22.9. The van der Waals surface area contributed by atoms with E-state index in [9.17, 15) is 4.79 Å². The van der Waals surface area contributed by atoms with Gasteiger partial charge in [0.25, 0.3) is 0 Å². The zero-order chi connectivity index (χ0) is 14.4. The first-order chi connectivity index (χ1) is 9.70. The molecule has 0 radical (unpaired) electrons. The highest BCUT2D eigenvalue weighted by Crippen LogP contribution is 2.22. The summed E-state index contributed by atoms with van der Waals surface area (Å²) >= 11 is 0. The van der Waals surface area contributed by atoms with Crippen LogP contribution in [0.2, 0.25) is 0 Å². The molecule has 0 aliphatic heterocycles. The van der Waals surface area contributed by atoms with Crippen molar-refractivity contribution >= 4 is 12.0 Å². The Labute approximate surface area is 121 Å². The molecule has 1 aliphatic carbocycles. The first kappa shape index (κ1) is 14.8. The highest BCUT2D eigenvalue weighted by molar-refractivity contribution is 5.91. The molecule has 1 fully saturated rings. The summed E-state index contributed by atoms with van der Waals surface area (Å²) in [5.74, 6) is 0.0989. The molecule has 1 amide bonds. The van der Waals surface area contributed by atoms with Crippen LogP contribution in [-0.4, -0.2) is 37.0 Å². The lowest BCUT2D eigenvalue weighted by atomic mass is 9.90. The molecule has 0 aromatic heterocycles. The standard InChI is InChI=1S/C17H24N2O/c1-18-15-9-11-16(12-10-15)19(2)17(20)13-8-14-6-4-3-5-7-14/h3-8,13,15-16,18H,9-12H2,1-2H3. The van der Waals surface area contributed by atoms with Crippen molar-refractivity contribution in [1.29, 1.82) is 0 Å². The minimum absolute atomic E-state index is 0.0989. The first-order valence-corrected chi connectivity index (χ1v) is 7.38. The van der Waals surface area contributed by atoms with Crippen molar-refractivity contribution in [3.05, 3.63) is 42.0 Å². The quantitative estimate of drug-likeness (QED) is 0.855. The molecule has 0 unspecified atom stereocenters. The average molecular weight is 272 g/mol. The van der Waals surface area contributed by atoms with Gasteiger partial charge < -0.3 is 10.2 Å². The van der Waals surface area contributed by atoms with Gasteiger partial charge in [-0.2, -0.15) is 0 Å². The minimum Gasteiger partial charge on any atom is -0.339 e. The maximum atomic E-state index is 12.2. The van der Waals surface area contributed by atoms with Gasteiger partial charge in [-0.25, -0.2) is 0 Å². The Hall–Kier alpha value is -1.61. The summed E-state index contributed by atoms with van der Waals surface area (Å²) in [5, 5.41) is 3.32. The summed E-state index contributed by atoms with van der Waals surface area (Å²) in [5.41, 5.74) is 1.06.